The number of amides is 2. The molecule has 0 radical (unpaired) electrons. The molecule has 2 amide bonds. The third-order valence-corrected chi connectivity index (χ3v) is 5.32. The van der Waals surface area contributed by atoms with Crippen molar-refractivity contribution >= 4 is 38.9 Å². The van der Waals surface area contributed by atoms with E-state index in [-0.39, 0.29) is 18.9 Å². The van der Waals surface area contributed by atoms with Crippen LogP contribution in [-0.2, 0) is 19.6 Å². The number of nitrogens with zero attached hydrogens (tertiary/aromatic N) is 1. The van der Waals surface area contributed by atoms with Crippen LogP contribution in [0.2, 0.25) is 0 Å². The highest BCUT2D eigenvalue weighted by molar-refractivity contribution is 7.92. The molecule has 1 unspecified atom stereocenters. The number of anilines is 3. The van der Waals surface area contributed by atoms with Crippen molar-refractivity contribution in [3.8, 4) is 5.75 Å². The summed E-state index contributed by atoms with van der Waals surface area (Å²) >= 11 is 0. The minimum absolute atomic E-state index is 0.125. The van der Waals surface area contributed by atoms with Crippen LogP contribution in [0.25, 0.3) is 0 Å². The van der Waals surface area contributed by atoms with Gasteiger partial charge in [-0.1, -0.05) is 18.2 Å². The predicted molar refractivity (Wildman–Crippen MR) is 107 cm³/mol. The summed E-state index contributed by atoms with van der Waals surface area (Å²) in [6.07, 6.45) is 0.453. The summed E-state index contributed by atoms with van der Waals surface area (Å²) in [5.41, 5.74) is 1.46. The fraction of sp³-hybridized carbons (Fsp3) is 0.263. The minimum Gasteiger partial charge on any atom is -0.478 e. The van der Waals surface area contributed by atoms with E-state index in [1.54, 1.807) is 48.5 Å². The summed E-state index contributed by atoms with van der Waals surface area (Å²) in [7, 11) is -3.51. The van der Waals surface area contributed by atoms with E-state index in [9.17, 15) is 18.0 Å². The van der Waals surface area contributed by atoms with Gasteiger partial charge in [-0.25, -0.2) is 8.42 Å². The molecule has 2 aromatic carbocycles. The molecule has 1 atom stereocenters. The van der Waals surface area contributed by atoms with Gasteiger partial charge in [0.25, 0.3) is 5.91 Å². The third kappa shape index (κ3) is 4.61. The maximum atomic E-state index is 12.7. The maximum Gasteiger partial charge on any atom is 0.265 e. The summed E-state index contributed by atoms with van der Waals surface area (Å²) < 4.78 is 31.3. The van der Waals surface area contributed by atoms with Crippen molar-refractivity contribution in [2.75, 3.05) is 27.7 Å². The van der Waals surface area contributed by atoms with Crippen molar-refractivity contribution in [3.63, 3.8) is 0 Å². The summed E-state index contributed by atoms with van der Waals surface area (Å²) in [5.74, 6) is -0.282. The Bertz CT molecular complexity index is 1010. The molecule has 9 heteroatoms. The number of rotatable bonds is 4. The highest BCUT2D eigenvalue weighted by Gasteiger charge is 2.31. The Balaban J connectivity index is 1.80. The number of fused-ring (bicyclic) bond motifs is 1. The van der Waals surface area contributed by atoms with E-state index in [1.165, 1.54) is 11.2 Å². The highest BCUT2D eigenvalue weighted by atomic mass is 32.2. The quantitative estimate of drug-likeness (QED) is 0.814. The van der Waals surface area contributed by atoms with Crippen LogP contribution in [0.3, 0.4) is 0 Å². The summed E-state index contributed by atoms with van der Waals surface area (Å²) in [6, 6.07) is 13.5. The van der Waals surface area contributed by atoms with Crippen LogP contribution in [0.15, 0.2) is 48.5 Å². The summed E-state index contributed by atoms with van der Waals surface area (Å²) in [5, 5.41) is 5.40. The monoisotopic (exact) mass is 403 g/mol. The standard InChI is InChI=1S/C19H21N3O5S/c1-13(23)20-14-6-5-7-15(12-14)21-19(24)18-10-11-22(28(2,25)26)16-8-3-4-9-17(16)27-18/h3-9,12,18H,10-11H2,1-2H3,(H,20,23)(H,21,24). The first-order valence-electron chi connectivity index (χ1n) is 8.66. The SMILES string of the molecule is CC(=O)Nc1cccc(NC(=O)C2CCN(S(C)(=O)=O)c3ccccc3O2)c1. The van der Waals surface area contributed by atoms with Gasteiger partial charge >= 0.3 is 0 Å². The van der Waals surface area contributed by atoms with Gasteiger partial charge in [0.05, 0.1) is 11.9 Å². The molecule has 0 aliphatic carbocycles. The second kappa shape index (κ2) is 7.89. The van der Waals surface area contributed by atoms with Crippen LogP contribution >= 0.6 is 0 Å². The lowest BCUT2D eigenvalue weighted by atomic mass is 10.2. The Morgan fingerprint density at radius 2 is 1.75 bits per heavy atom. The molecule has 8 nitrogen and oxygen atoms in total. The van der Waals surface area contributed by atoms with Crippen molar-refractivity contribution < 1.29 is 22.7 Å². The molecular formula is C19H21N3O5S. The van der Waals surface area contributed by atoms with E-state index in [4.69, 9.17) is 4.74 Å². The summed E-state index contributed by atoms with van der Waals surface area (Å²) in [4.78, 5) is 23.9. The van der Waals surface area contributed by atoms with Crippen molar-refractivity contribution in [1.82, 2.24) is 0 Å². The normalized spacial score (nSPS) is 16.4. The number of ether oxygens (including phenoxy) is 1. The smallest absolute Gasteiger partial charge is 0.265 e. The second-order valence-corrected chi connectivity index (χ2v) is 8.36. The van der Waals surface area contributed by atoms with Gasteiger partial charge in [0.2, 0.25) is 15.9 Å². The van der Waals surface area contributed by atoms with E-state index >= 15 is 0 Å². The Morgan fingerprint density at radius 3 is 2.43 bits per heavy atom. The van der Waals surface area contributed by atoms with E-state index in [1.807, 2.05) is 0 Å². The van der Waals surface area contributed by atoms with Crippen molar-refractivity contribution in [3.05, 3.63) is 48.5 Å². The molecule has 1 aliphatic heterocycles. The third-order valence-electron chi connectivity index (χ3n) is 4.14. The van der Waals surface area contributed by atoms with Gasteiger partial charge in [-0.3, -0.25) is 13.9 Å². The Morgan fingerprint density at radius 1 is 1.07 bits per heavy atom. The maximum absolute atomic E-state index is 12.7. The minimum atomic E-state index is -3.51. The first-order valence-corrected chi connectivity index (χ1v) is 10.5. The molecule has 0 fully saturated rings. The molecular weight excluding hydrogens is 382 g/mol. The van der Waals surface area contributed by atoms with Crippen molar-refractivity contribution in [1.29, 1.82) is 0 Å². The Labute approximate surface area is 163 Å². The molecule has 0 saturated heterocycles. The van der Waals surface area contributed by atoms with E-state index in [2.05, 4.69) is 10.6 Å². The van der Waals surface area contributed by atoms with Crippen LogP contribution in [0.4, 0.5) is 17.1 Å². The Hall–Kier alpha value is -3.07. The highest BCUT2D eigenvalue weighted by Crippen LogP contribution is 2.34. The number of hydrogen-bond acceptors (Lipinski definition) is 5. The molecule has 1 aliphatic rings. The fourth-order valence-electron chi connectivity index (χ4n) is 2.96. The van der Waals surface area contributed by atoms with Crippen LogP contribution in [0.5, 0.6) is 5.75 Å². The molecule has 28 heavy (non-hydrogen) atoms. The van der Waals surface area contributed by atoms with Crippen LogP contribution in [-0.4, -0.2) is 39.1 Å². The topological polar surface area (TPSA) is 105 Å². The van der Waals surface area contributed by atoms with Gasteiger partial charge in [-0.15, -0.1) is 0 Å². The number of para-hydroxylation sites is 2. The zero-order valence-corrected chi connectivity index (χ0v) is 16.3. The number of nitrogens with one attached hydrogen (secondary N) is 2. The lowest BCUT2D eigenvalue weighted by Crippen LogP contribution is -2.36. The number of hydrogen-bond donors (Lipinski definition) is 2. The molecule has 148 valence electrons. The molecule has 2 N–H and O–H groups in total. The molecule has 0 aromatic heterocycles. The molecule has 1 heterocycles. The molecule has 0 spiro atoms. The van der Waals surface area contributed by atoms with Gasteiger partial charge in [-0.2, -0.15) is 0 Å². The molecule has 2 aromatic rings. The van der Waals surface area contributed by atoms with E-state index in [0.717, 1.165) is 6.26 Å². The first-order chi connectivity index (χ1) is 13.2. The number of sulfonamides is 1. The van der Waals surface area contributed by atoms with Crippen LogP contribution in [0.1, 0.15) is 13.3 Å². The van der Waals surface area contributed by atoms with Crippen LogP contribution < -0.4 is 19.7 Å². The molecule has 0 saturated carbocycles. The molecule has 3 rings (SSSR count). The largest absolute Gasteiger partial charge is 0.478 e. The lowest BCUT2D eigenvalue weighted by molar-refractivity contribution is -0.122. The van der Waals surface area contributed by atoms with Gasteiger partial charge in [0.1, 0.15) is 5.75 Å². The average molecular weight is 403 g/mol. The van der Waals surface area contributed by atoms with Gasteiger partial charge in [-0.05, 0) is 30.3 Å². The predicted octanol–water partition coefficient (Wildman–Crippen LogP) is 2.20. The Kier molecular flexibility index (Phi) is 5.55. The van der Waals surface area contributed by atoms with Gasteiger partial charge < -0.3 is 15.4 Å². The van der Waals surface area contributed by atoms with Crippen molar-refractivity contribution in [2.24, 2.45) is 0 Å². The average Bonchev–Trinajstić information content (AvgIpc) is 2.81. The summed E-state index contributed by atoms with van der Waals surface area (Å²) in [6.45, 7) is 1.52. The van der Waals surface area contributed by atoms with Gasteiger partial charge in [0.15, 0.2) is 6.10 Å². The fourth-order valence-corrected chi connectivity index (χ4v) is 3.91. The van der Waals surface area contributed by atoms with Gasteiger partial charge in [0, 0.05) is 31.3 Å². The van der Waals surface area contributed by atoms with Crippen LogP contribution in [0, 0.1) is 0 Å². The zero-order valence-electron chi connectivity index (χ0n) is 15.5. The zero-order chi connectivity index (χ0) is 20.3. The van der Waals surface area contributed by atoms with E-state index < -0.39 is 22.0 Å². The second-order valence-electron chi connectivity index (χ2n) is 6.45. The lowest BCUT2D eigenvalue weighted by Gasteiger charge is -2.20. The number of carbonyl (C=O) groups is 2. The molecule has 0 bridgehead atoms. The van der Waals surface area contributed by atoms with Crippen molar-refractivity contribution in [2.45, 2.75) is 19.4 Å². The number of benzene rings is 2. The number of carbonyl (C=O) groups excluding carboxylic acids is 2. The van der Waals surface area contributed by atoms with E-state index in [0.29, 0.717) is 22.8 Å². The first kappa shape index (κ1) is 19.7.